The topological polar surface area (TPSA) is 78.9 Å². The highest BCUT2D eigenvalue weighted by Gasteiger charge is 2.19. The second kappa shape index (κ2) is 63.8. The molecular weight excluding hydrogens is 949 g/mol. The smallest absolute Gasteiger partial charge is 0.306 e. The Labute approximate surface area is 474 Å². The highest BCUT2D eigenvalue weighted by molar-refractivity contribution is 5.71. The van der Waals surface area contributed by atoms with Gasteiger partial charge in [-0.05, 0) is 135 Å². The fourth-order valence-electron chi connectivity index (χ4n) is 8.24. The Morgan fingerprint density at radius 2 is 0.468 bits per heavy atom. The second-order valence-corrected chi connectivity index (χ2v) is 20.2. The maximum atomic E-state index is 12.9. The Morgan fingerprint density at radius 3 is 0.740 bits per heavy atom. The fourth-order valence-corrected chi connectivity index (χ4v) is 8.24. The van der Waals surface area contributed by atoms with Crippen LogP contribution >= 0.6 is 0 Å². The van der Waals surface area contributed by atoms with Crippen LogP contribution in [-0.4, -0.2) is 37.2 Å². The molecule has 1 atom stereocenters. The molecule has 0 heterocycles. The van der Waals surface area contributed by atoms with E-state index in [2.05, 4.69) is 167 Å². The third kappa shape index (κ3) is 62.0. The number of esters is 3. The zero-order chi connectivity index (χ0) is 55.7. The van der Waals surface area contributed by atoms with Gasteiger partial charge in [-0.1, -0.05) is 256 Å². The van der Waals surface area contributed by atoms with Crippen molar-refractivity contribution < 1.29 is 28.6 Å². The van der Waals surface area contributed by atoms with Gasteiger partial charge in [0, 0.05) is 19.3 Å². The summed E-state index contributed by atoms with van der Waals surface area (Å²) in [6, 6.07) is 0. The molecule has 1 unspecified atom stereocenters. The van der Waals surface area contributed by atoms with Crippen LogP contribution in [0.15, 0.2) is 146 Å². The summed E-state index contributed by atoms with van der Waals surface area (Å²) in [6.45, 7) is 6.26. The molecule has 6 heteroatoms. The number of allylic oxidation sites excluding steroid dienone is 24. The average molecular weight is 1060 g/mol. The molecule has 0 N–H and O–H groups in total. The van der Waals surface area contributed by atoms with Crippen molar-refractivity contribution >= 4 is 17.9 Å². The number of carbonyl (C=O) groups excluding carboxylic acids is 3. The second-order valence-electron chi connectivity index (χ2n) is 20.2. The van der Waals surface area contributed by atoms with Gasteiger partial charge < -0.3 is 14.2 Å². The number of ether oxygens (including phenoxy) is 3. The first-order chi connectivity index (χ1) is 38.0. The number of hydrogen-bond donors (Lipinski definition) is 0. The molecule has 0 aromatic carbocycles. The SMILES string of the molecule is CC/C=C\C/C=C\C/C=C\C/C=C\C/C=C\CCCCCCCC(=O)OC(COC(=O)CCCCC/C=C\C/C=C\C/C=C\CC)COC(=O)CCCCCCCCCCCCCC/C=C\C/C=C\C/C=C\C/C=C\CC. The molecule has 0 fully saturated rings. The van der Waals surface area contributed by atoms with Crippen molar-refractivity contribution in [3.63, 3.8) is 0 Å². The van der Waals surface area contributed by atoms with Crippen LogP contribution in [0, 0.1) is 0 Å². The largest absolute Gasteiger partial charge is 0.462 e. The molecule has 6 nitrogen and oxygen atoms in total. The van der Waals surface area contributed by atoms with Crippen LogP contribution < -0.4 is 0 Å². The van der Waals surface area contributed by atoms with Gasteiger partial charge in [0.05, 0.1) is 0 Å². The van der Waals surface area contributed by atoms with Crippen molar-refractivity contribution in [2.24, 2.45) is 0 Å². The monoisotopic (exact) mass is 1060 g/mol. The van der Waals surface area contributed by atoms with E-state index in [4.69, 9.17) is 14.2 Å². The average Bonchev–Trinajstić information content (AvgIpc) is 3.43. The number of unbranched alkanes of at least 4 members (excludes halogenated alkanes) is 20. The molecule has 0 saturated heterocycles. The van der Waals surface area contributed by atoms with Crippen LogP contribution in [0.2, 0.25) is 0 Å². The van der Waals surface area contributed by atoms with E-state index in [9.17, 15) is 14.4 Å². The van der Waals surface area contributed by atoms with Gasteiger partial charge in [-0.2, -0.15) is 0 Å². The zero-order valence-electron chi connectivity index (χ0n) is 49.7. The number of carbonyl (C=O) groups is 3. The summed E-state index contributed by atoms with van der Waals surface area (Å²) in [5.41, 5.74) is 0. The molecule has 434 valence electrons. The van der Waals surface area contributed by atoms with Gasteiger partial charge >= 0.3 is 17.9 Å². The van der Waals surface area contributed by atoms with Crippen molar-refractivity contribution in [1.82, 2.24) is 0 Å². The molecule has 0 amide bonds. The van der Waals surface area contributed by atoms with Crippen LogP contribution in [0.25, 0.3) is 0 Å². The van der Waals surface area contributed by atoms with Gasteiger partial charge in [0.25, 0.3) is 0 Å². The maximum Gasteiger partial charge on any atom is 0.306 e. The van der Waals surface area contributed by atoms with E-state index in [1.54, 1.807) is 0 Å². The minimum atomic E-state index is -0.809. The summed E-state index contributed by atoms with van der Waals surface area (Å²) >= 11 is 0. The molecule has 0 aliphatic rings. The molecule has 0 bridgehead atoms. The minimum Gasteiger partial charge on any atom is -0.462 e. The Hall–Kier alpha value is -4.71. The number of hydrogen-bond acceptors (Lipinski definition) is 6. The maximum absolute atomic E-state index is 12.9. The van der Waals surface area contributed by atoms with Crippen LogP contribution in [-0.2, 0) is 28.6 Å². The normalized spacial score (nSPS) is 13.1. The third-order valence-corrected chi connectivity index (χ3v) is 12.8. The standard InChI is InChI=1S/C71H114O6/c1-4-7-10-13-16-19-22-25-27-29-31-33-34-35-36-38-39-41-43-46-49-52-55-58-61-64-70(73)76-67-68(66-75-69(72)63-60-57-54-51-48-45-24-21-18-15-12-9-6-3)77-71(74)65-62-59-56-53-50-47-44-42-40-37-32-30-28-26-23-20-17-14-11-8-5-2/h7-12,16-21,25-28,31-33,37,42,44-45,48,68H,4-6,13-15,22-24,29-30,34-36,38-41,43,46-47,49-67H2,1-3H3/b10-7-,11-8-,12-9-,19-16-,20-17-,21-18-,27-25-,28-26-,33-31-,37-32-,44-42-,48-45-. The van der Waals surface area contributed by atoms with Gasteiger partial charge in [-0.3, -0.25) is 14.4 Å². The van der Waals surface area contributed by atoms with E-state index in [1.165, 1.54) is 64.2 Å². The lowest BCUT2D eigenvalue weighted by Crippen LogP contribution is -2.30. The summed E-state index contributed by atoms with van der Waals surface area (Å²) in [5, 5.41) is 0. The van der Waals surface area contributed by atoms with Gasteiger partial charge in [0.1, 0.15) is 13.2 Å². The molecule has 0 rings (SSSR count). The van der Waals surface area contributed by atoms with Crippen molar-refractivity contribution in [2.45, 2.75) is 271 Å². The predicted octanol–water partition coefficient (Wildman–Crippen LogP) is 21.5. The molecular formula is C71H114O6. The van der Waals surface area contributed by atoms with E-state index >= 15 is 0 Å². The lowest BCUT2D eigenvalue weighted by molar-refractivity contribution is -0.167. The van der Waals surface area contributed by atoms with E-state index in [0.717, 1.165) is 161 Å². The molecule has 0 radical (unpaired) electrons. The Kier molecular flexibility index (Phi) is 59.9. The van der Waals surface area contributed by atoms with E-state index in [0.29, 0.717) is 19.3 Å². The Balaban J connectivity index is 4.40. The zero-order valence-corrected chi connectivity index (χ0v) is 49.7. The van der Waals surface area contributed by atoms with Crippen molar-refractivity contribution in [3.05, 3.63) is 146 Å². The van der Waals surface area contributed by atoms with Crippen LogP contribution in [0.4, 0.5) is 0 Å². The first-order valence-corrected chi connectivity index (χ1v) is 31.3. The fraction of sp³-hybridized carbons (Fsp3) is 0.620. The quantitative estimate of drug-likeness (QED) is 0.0261. The van der Waals surface area contributed by atoms with E-state index in [-0.39, 0.29) is 31.1 Å². The summed E-state index contributed by atoms with van der Waals surface area (Å²) in [6.07, 6.45) is 91.4. The van der Waals surface area contributed by atoms with Crippen molar-refractivity contribution in [3.8, 4) is 0 Å². The molecule has 0 spiro atoms. The van der Waals surface area contributed by atoms with Crippen molar-refractivity contribution in [2.75, 3.05) is 13.2 Å². The van der Waals surface area contributed by atoms with Gasteiger partial charge in [0.2, 0.25) is 0 Å². The highest BCUT2D eigenvalue weighted by Crippen LogP contribution is 2.15. The molecule has 0 aliphatic heterocycles. The lowest BCUT2D eigenvalue weighted by Gasteiger charge is -2.18. The highest BCUT2D eigenvalue weighted by atomic mass is 16.6. The predicted molar refractivity (Wildman–Crippen MR) is 334 cm³/mol. The van der Waals surface area contributed by atoms with Gasteiger partial charge in [0.15, 0.2) is 6.10 Å². The molecule has 0 saturated carbocycles. The summed E-state index contributed by atoms with van der Waals surface area (Å²) < 4.78 is 16.9. The third-order valence-electron chi connectivity index (χ3n) is 12.8. The van der Waals surface area contributed by atoms with Crippen LogP contribution in [0.3, 0.4) is 0 Å². The van der Waals surface area contributed by atoms with Gasteiger partial charge in [-0.25, -0.2) is 0 Å². The summed E-state index contributed by atoms with van der Waals surface area (Å²) in [4.78, 5) is 38.3. The molecule has 77 heavy (non-hydrogen) atoms. The molecule has 0 aromatic rings. The molecule has 0 aromatic heterocycles. The summed E-state index contributed by atoms with van der Waals surface area (Å²) in [5.74, 6) is -0.954. The summed E-state index contributed by atoms with van der Waals surface area (Å²) in [7, 11) is 0. The van der Waals surface area contributed by atoms with Crippen molar-refractivity contribution in [1.29, 1.82) is 0 Å². The molecule has 0 aliphatic carbocycles. The number of rotatable bonds is 55. The minimum absolute atomic E-state index is 0.101. The van der Waals surface area contributed by atoms with Crippen LogP contribution in [0.1, 0.15) is 265 Å². The first kappa shape index (κ1) is 72.3. The van der Waals surface area contributed by atoms with Crippen LogP contribution in [0.5, 0.6) is 0 Å². The first-order valence-electron chi connectivity index (χ1n) is 31.3. The van der Waals surface area contributed by atoms with E-state index < -0.39 is 6.10 Å². The Bertz CT molecular complexity index is 1700. The lowest BCUT2D eigenvalue weighted by atomic mass is 10.0. The Morgan fingerprint density at radius 1 is 0.260 bits per heavy atom. The van der Waals surface area contributed by atoms with Gasteiger partial charge in [-0.15, -0.1) is 0 Å². The van der Waals surface area contributed by atoms with E-state index in [1.807, 2.05) is 0 Å².